The molecule has 1 atom stereocenters. The van der Waals surface area contributed by atoms with Crippen LogP contribution < -0.4 is 5.32 Å². The van der Waals surface area contributed by atoms with E-state index in [0.717, 1.165) is 30.5 Å². The van der Waals surface area contributed by atoms with Gasteiger partial charge in [0.15, 0.2) is 0 Å². The Hall–Kier alpha value is -2.78. The second-order valence-electron chi connectivity index (χ2n) is 6.07. The zero-order valence-electron chi connectivity index (χ0n) is 13.2. The van der Waals surface area contributed by atoms with Gasteiger partial charge in [0.1, 0.15) is 5.92 Å². The molecule has 1 N–H and O–H groups in total. The standard InChI is InChI=1S/C20H19N3/c1-14-4-6-15(7-5-14)20(18(12-21)13-22)17-8-9-19-16(11-17)3-2-10-23-19/h4-9,11,18,20,23H,2-3,10H2,1H3/t20-/m0/s1. The number of fused-ring (bicyclic) bond motifs is 1. The Kier molecular flexibility index (Phi) is 4.31. The van der Waals surface area contributed by atoms with Crippen LogP contribution in [0.15, 0.2) is 42.5 Å². The summed E-state index contributed by atoms with van der Waals surface area (Å²) in [4.78, 5) is 0. The Bertz CT molecular complexity index is 764. The molecule has 0 fully saturated rings. The Morgan fingerprint density at radius 2 is 1.70 bits per heavy atom. The van der Waals surface area contributed by atoms with E-state index >= 15 is 0 Å². The Morgan fingerprint density at radius 3 is 2.39 bits per heavy atom. The van der Waals surface area contributed by atoms with Gasteiger partial charge in [-0.2, -0.15) is 10.5 Å². The molecule has 0 aliphatic carbocycles. The number of nitrogens with one attached hydrogen (secondary N) is 1. The first-order valence-electron chi connectivity index (χ1n) is 7.95. The van der Waals surface area contributed by atoms with E-state index in [1.54, 1.807) is 0 Å². The second kappa shape index (κ2) is 6.55. The van der Waals surface area contributed by atoms with Crippen molar-refractivity contribution in [3.8, 4) is 12.1 Å². The van der Waals surface area contributed by atoms with Gasteiger partial charge in [-0.3, -0.25) is 0 Å². The summed E-state index contributed by atoms with van der Waals surface area (Å²) in [5, 5.41) is 22.3. The van der Waals surface area contributed by atoms with Crippen LogP contribution in [0, 0.1) is 35.5 Å². The highest BCUT2D eigenvalue weighted by Gasteiger charge is 2.26. The molecule has 1 aliphatic rings. The first-order valence-corrected chi connectivity index (χ1v) is 7.95. The Balaban J connectivity index is 2.07. The van der Waals surface area contributed by atoms with Crippen LogP contribution in [0.4, 0.5) is 5.69 Å². The highest BCUT2D eigenvalue weighted by molar-refractivity contribution is 5.56. The molecule has 3 nitrogen and oxygen atoms in total. The summed E-state index contributed by atoms with van der Waals surface area (Å²) >= 11 is 0. The smallest absolute Gasteiger partial charge is 0.144 e. The normalized spacial score (nSPS) is 14.3. The van der Waals surface area contributed by atoms with E-state index in [-0.39, 0.29) is 5.92 Å². The lowest BCUT2D eigenvalue weighted by molar-refractivity contribution is 0.706. The summed E-state index contributed by atoms with van der Waals surface area (Å²) in [6.45, 7) is 3.04. The largest absolute Gasteiger partial charge is 0.385 e. The number of rotatable bonds is 3. The molecule has 23 heavy (non-hydrogen) atoms. The van der Waals surface area contributed by atoms with Gasteiger partial charge in [0.25, 0.3) is 0 Å². The second-order valence-corrected chi connectivity index (χ2v) is 6.07. The van der Waals surface area contributed by atoms with Gasteiger partial charge in [0.05, 0.1) is 12.1 Å². The van der Waals surface area contributed by atoms with Crippen LogP contribution >= 0.6 is 0 Å². The maximum atomic E-state index is 9.43. The summed E-state index contributed by atoms with van der Waals surface area (Å²) in [7, 11) is 0. The van der Waals surface area contributed by atoms with E-state index < -0.39 is 5.92 Å². The highest BCUT2D eigenvalue weighted by atomic mass is 14.9. The van der Waals surface area contributed by atoms with Crippen LogP contribution in [0.25, 0.3) is 0 Å². The van der Waals surface area contributed by atoms with Crippen LogP contribution in [-0.4, -0.2) is 6.54 Å². The van der Waals surface area contributed by atoms with Crippen molar-refractivity contribution in [1.82, 2.24) is 0 Å². The molecule has 0 bridgehead atoms. The average molecular weight is 301 g/mol. The summed E-state index contributed by atoms with van der Waals surface area (Å²) in [5.74, 6) is -0.898. The zero-order valence-corrected chi connectivity index (χ0v) is 13.2. The minimum absolute atomic E-state index is 0.210. The Labute approximate surface area is 137 Å². The first-order chi connectivity index (χ1) is 11.2. The molecule has 0 spiro atoms. The fourth-order valence-corrected chi connectivity index (χ4v) is 3.22. The van der Waals surface area contributed by atoms with Crippen molar-refractivity contribution >= 4 is 5.69 Å². The van der Waals surface area contributed by atoms with Gasteiger partial charge in [-0.25, -0.2) is 0 Å². The van der Waals surface area contributed by atoms with Crippen LogP contribution in [-0.2, 0) is 6.42 Å². The van der Waals surface area contributed by atoms with Crippen molar-refractivity contribution in [3.63, 3.8) is 0 Å². The number of anilines is 1. The van der Waals surface area contributed by atoms with Gasteiger partial charge in [-0.1, -0.05) is 42.0 Å². The van der Waals surface area contributed by atoms with Crippen molar-refractivity contribution < 1.29 is 0 Å². The lowest BCUT2D eigenvalue weighted by atomic mass is 9.80. The predicted octanol–water partition coefficient (Wildman–Crippen LogP) is 4.15. The maximum Gasteiger partial charge on any atom is 0.144 e. The molecule has 0 saturated heterocycles. The third-order valence-corrected chi connectivity index (χ3v) is 4.47. The van der Waals surface area contributed by atoms with Gasteiger partial charge < -0.3 is 5.32 Å². The van der Waals surface area contributed by atoms with Crippen LogP contribution in [0.5, 0.6) is 0 Å². The van der Waals surface area contributed by atoms with Crippen LogP contribution in [0.2, 0.25) is 0 Å². The Morgan fingerprint density at radius 1 is 1.00 bits per heavy atom. The van der Waals surface area contributed by atoms with E-state index in [1.807, 2.05) is 37.3 Å². The van der Waals surface area contributed by atoms with Crippen LogP contribution in [0.3, 0.4) is 0 Å². The summed E-state index contributed by atoms with van der Waals surface area (Å²) in [6.07, 6.45) is 2.16. The van der Waals surface area contributed by atoms with E-state index in [0.29, 0.717) is 0 Å². The van der Waals surface area contributed by atoms with Gasteiger partial charge in [-0.05, 0) is 42.5 Å². The average Bonchev–Trinajstić information content (AvgIpc) is 2.60. The highest BCUT2D eigenvalue weighted by Crippen LogP contribution is 2.35. The molecule has 0 unspecified atom stereocenters. The topological polar surface area (TPSA) is 59.6 Å². The number of hydrogen-bond donors (Lipinski definition) is 1. The summed E-state index contributed by atoms with van der Waals surface area (Å²) < 4.78 is 0. The van der Waals surface area contributed by atoms with E-state index in [2.05, 4.69) is 29.6 Å². The molecular weight excluding hydrogens is 282 g/mol. The maximum absolute atomic E-state index is 9.43. The van der Waals surface area contributed by atoms with Gasteiger partial charge in [0.2, 0.25) is 0 Å². The predicted molar refractivity (Wildman–Crippen MR) is 91.0 cm³/mol. The first kappa shape index (κ1) is 15.1. The lowest BCUT2D eigenvalue weighted by Crippen LogP contribution is -2.15. The van der Waals surface area contributed by atoms with Crippen molar-refractivity contribution in [2.75, 3.05) is 11.9 Å². The number of hydrogen-bond acceptors (Lipinski definition) is 3. The van der Waals surface area contributed by atoms with Gasteiger partial charge in [0, 0.05) is 18.2 Å². The molecular formula is C20H19N3. The van der Waals surface area contributed by atoms with Crippen molar-refractivity contribution in [1.29, 1.82) is 10.5 Å². The van der Waals surface area contributed by atoms with Gasteiger partial charge in [-0.15, -0.1) is 0 Å². The number of benzene rings is 2. The minimum atomic E-state index is -0.688. The quantitative estimate of drug-likeness (QED) is 0.926. The van der Waals surface area contributed by atoms with Crippen LogP contribution in [0.1, 0.15) is 34.6 Å². The minimum Gasteiger partial charge on any atom is -0.385 e. The van der Waals surface area contributed by atoms with Crippen molar-refractivity contribution in [2.24, 2.45) is 5.92 Å². The van der Waals surface area contributed by atoms with E-state index in [4.69, 9.17) is 0 Å². The fraction of sp³-hybridized carbons (Fsp3) is 0.300. The number of nitriles is 2. The molecule has 1 aliphatic heterocycles. The molecule has 2 aromatic rings. The third-order valence-electron chi connectivity index (χ3n) is 4.47. The molecule has 2 aromatic carbocycles. The lowest BCUT2D eigenvalue weighted by Gasteiger charge is -2.23. The molecule has 0 amide bonds. The molecule has 0 saturated carbocycles. The molecule has 114 valence electrons. The van der Waals surface area contributed by atoms with E-state index in [9.17, 15) is 10.5 Å². The zero-order chi connectivity index (χ0) is 16.2. The van der Waals surface area contributed by atoms with Gasteiger partial charge >= 0.3 is 0 Å². The molecule has 3 heteroatoms. The summed E-state index contributed by atoms with van der Waals surface area (Å²) in [6, 6.07) is 18.7. The van der Waals surface area contributed by atoms with Crippen molar-refractivity contribution in [2.45, 2.75) is 25.7 Å². The monoisotopic (exact) mass is 301 g/mol. The SMILES string of the molecule is Cc1ccc([C@@H](c2ccc3c(c2)CCCN3)C(C#N)C#N)cc1. The number of nitrogens with zero attached hydrogens (tertiary/aromatic N) is 2. The number of aryl methyl sites for hydroxylation is 2. The molecule has 3 rings (SSSR count). The molecule has 0 aromatic heterocycles. The summed E-state index contributed by atoms with van der Waals surface area (Å²) in [5.41, 5.74) is 5.69. The van der Waals surface area contributed by atoms with E-state index in [1.165, 1.54) is 16.8 Å². The fourth-order valence-electron chi connectivity index (χ4n) is 3.22. The third kappa shape index (κ3) is 3.05. The molecule has 0 radical (unpaired) electrons. The van der Waals surface area contributed by atoms with Crippen molar-refractivity contribution in [3.05, 3.63) is 64.7 Å². The molecule has 1 heterocycles.